The molecule has 0 spiro atoms. The van der Waals surface area contributed by atoms with Gasteiger partial charge in [-0.1, -0.05) is 44.2 Å². The van der Waals surface area contributed by atoms with E-state index in [-0.39, 0.29) is 49.8 Å². The topological polar surface area (TPSA) is 154 Å². The minimum absolute atomic E-state index is 0.0437. The van der Waals surface area contributed by atoms with Crippen LogP contribution in [0.2, 0.25) is 0 Å². The van der Waals surface area contributed by atoms with E-state index in [1.165, 1.54) is 12.7 Å². The Morgan fingerprint density at radius 1 is 1.13 bits per heavy atom. The standard InChI is InChI=1S/C26H31N5O7/c1-16(2)22(26(35)37-12-17-6-4-3-5-7-17)30-19(32)9-11-21(33)36-13-18-8-10-20(38-18)31-15-29-23-24(31)27-14-28-25(23)34/h3-7,14-16,18,20,22H,8-13H2,1-2H3,(H,30,32)(H,27,28,34)/t18?,20-,22+/m1/s1. The lowest BCUT2D eigenvalue weighted by Gasteiger charge is -2.21. The molecular formula is C26H31N5O7. The van der Waals surface area contributed by atoms with Crippen molar-refractivity contribution < 1.29 is 28.6 Å². The summed E-state index contributed by atoms with van der Waals surface area (Å²) in [5.74, 6) is -1.70. The van der Waals surface area contributed by atoms with Crippen LogP contribution in [0.3, 0.4) is 0 Å². The van der Waals surface area contributed by atoms with Crippen LogP contribution in [-0.4, -0.2) is 56.1 Å². The average Bonchev–Trinajstić information content (AvgIpc) is 3.56. The summed E-state index contributed by atoms with van der Waals surface area (Å²) in [4.78, 5) is 59.6. The van der Waals surface area contributed by atoms with Gasteiger partial charge in [0.05, 0.1) is 25.2 Å². The summed E-state index contributed by atoms with van der Waals surface area (Å²) in [5, 5.41) is 2.66. The maximum absolute atomic E-state index is 12.5. The van der Waals surface area contributed by atoms with E-state index in [0.29, 0.717) is 18.5 Å². The normalized spacial score (nSPS) is 17.9. The van der Waals surface area contributed by atoms with Gasteiger partial charge in [0.2, 0.25) is 5.91 Å². The van der Waals surface area contributed by atoms with Crippen LogP contribution in [0.4, 0.5) is 0 Å². The van der Waals surface area contributed by atoms with E-state index in [2.05, 4.69) is 20.3 Å². The fraction of sp³-hybridized carbons (Fsp3) is 0.462. The molecule has 1 aliphatic heterocycles. The van der Waals surface area contributed by atoms with Crippen molar-refractivity contribution in [2.75, 3.05) is 6.61 Å². The number of benzene rings is 1. The molecule has 38 heavy (non-hydrogen) atoms. The lowest BCUT2D eigenvalue weighted by Crippen LogP contribution is -2.45. The number of hydrogen-bond acceptors (Lipinski definition) is 9. The number of imidazole rings is 1. The molecule has 1 unspecified atom stereocenters. The highest BCUT2D eigenvalue weighted by Gasteiger charge is 2.29. The molecule has 4 rings (SSSR count). The Morgan fingerprint density at radius 2 is 1.92 bits per heavy atom. The van der Waals surface area contributed by atoms with Gasteiger partial charge in [-0.15, -0.1) is 0 Å². The summed E-state index contributed by atoms with van der Waals surface area (Å²) in [7, 11) is 0. The van der Waals surface area contributed by atoms with Gasteiger partial charge in [0, 0.05) is 6.42 Å². The summed E-state index contributed by atoms with van der Waals surface area (Å²) in [6.45, 7) is 3.77. The Kier molecular flexibility index (Phi) is 8.85. The Bertz CT molecular complexity index is 1320. The lowest BCUT2D eigenvalue weighted by molar-refractivity contribution is -0.151. The van der Waals surface area contributed by atoms with Crippen molar-refractivity contribution in [2.45, 2.75) is 64.5 Å². The molecule has 3 heterocycles. The molecule has 1 aliphatic rings. The molecule has 1 amide bonds. The lowest BCUT2D eigenvalue weighted by atomic mass is 10.0. The van der Waals surface area contributed by atoms with Gasteiger partial charge in [-0.3, -0.25) is 19.0 Å². The number of rotatable bonds is 11. The summed E-state index contributed by atoms with van der Waals surface area (Å²) < 4.78 is 18.3. The number of esters is 2. The van der Waals surface area contributed by atoms with E-state index in [4.69, 9.17) is 14.2 Å². The fourth-order valence-electron chi connectivity index (χ4n) is 4.14. The molecule has 0 saturated carbocycles. The van der Waals surface area contributed by atoms with Gasteiger partial charge in [0.1, 0.15) is 31.1 Å². The van der Waals surface area contributed by atoms with E-state index in [1.54, 1.807) is 18.4 Å². The molecule has 3 atom stereocenters. The number of carbonyl (C=O) groups is 3. The Hall–Kier alpha value is -4.06. The van der Waals surface area contributed by atoms with Crippen molar-refractivity contribution in [1.29, 1.82) is 0 Å². The quantitative estimate of drug-likeness (QED) is 0.358. The number of amides is 1. The number of nitrogens with one attached hydrogen (secondary N) is 2. The van der Waals surface area contributed by atoms with Gasteiger partial charge in [-0.25, -0.2) is 9.78 Å². The van der Waals surface area contributed by atoms with Crippen LogP contribution >= 0.6 is 0 Å². The third kappa shape index (κ3) is 6.82. The number of hydrogen-bond donors (Lipinski definition) is 2. The SMILES string of the molecule is CC(C)[C@H](NC(=O)CCC(=O)OCC1CC[C@H](n2cnc3c(=O)nc[nH]c32)O1)C(=O)OCc1ccccc1. The summed E-state index contributed by atoms with van der Waals surface area (Å²) >= 11 is 0. The third-order valence-electron chi connectivity index (χ3n) is 6.22. The molecule has 1 saturated heterocycles. The molecule has 1 aromatic carbocycles. The van der Waals surface area contributed by atoms with Crippen molar-refractivity contribution in [1.82, 2.24) is 24.8 Å². The zero-order valence-corrected chi connectivity index (χ0v) is 21.3. The number of aromatic amines is 1. The number of fused-ring (bicyclic) bond motifs is 1. The van der Waals surface area contributed by atoms with E-state index in [9.17, 15) is 19.2 Å². The van der Waals surface area contributed by atoms with E-state index in [1.807, 2.05) is 30.3 Å². The summed E-state index contributed by atoms with van der Waals surface area (Å²) in [6, 6.07) is 8.44. The van der Waals surface area contributed by atoms with Gasteiger partial charge in [0.15, 0.2) is 5.52 Å². The highest BCUT2D eigenvalue weighted by atomic mass is 16.6. The molecule has 12 heteroatoms. The van der Waals surface area contributed by atoms with Crippen LogP contribution < -0.4 is 10.9 Å². The maximum Gasteiger partial charge on any atom is 0.329 e. The summed E-state index contributed by atoms with van der Waals surface area (Å²) in [5.41, 5.74) is 1.17. The first-order chi connectivity index (χ1) is 18.3. The predicted octanol–water partition coefficient (Wildman–Crippen LogP) is 2.00. The predicted molar refractivity (Wildman–Crippen MR) is 134 cm³/mol. The number of aromatic nitrogens is 4. The number of nitrogens with zero attached hydrogens (tertiary/aromatic N) is 3. The summed E-state index contributed by atoms with van der Waals surface area (Å²) in [6.07, 6.45) is 3.19. The van der Waals surface area contributed by atoms with Crippen LogP contribution in [-0.2, 0) is 35.2 Å². The molecule has 0 bridgehead atoms. The number of ether oxygens (including phenoxy) is 3. The fourth-order valence-corrected chi connectivity index (χ4v) is 4.14. The Labute approximate surface area is 218 Å². The van der Waals surface area contributed by atoms with Gasteiger partial charge < -0.3 is 24.5 Å². The number of H-pyrrole nitrogens is 1. The minimum Gasteiger partial charge on any atom is -0.463 e. The van der Waals surface area contributed by atoms with Crippen molar-refractivity contribution in [3.63, 3.8) is 0 Å². The molecule has 0 aliphatic carbocycles. The maximum atomic E-state index is 12.5. The van der Waals surface area contributed by atoms with E-state index < -0.39 is 29.4 Å². The second-order valence-corrected chi connectivity index (χ2v) is 9.41. The van der Waals surface area contributed by atoms with Gasteiger partial charge in [0.25, 0.3) is 0 Å². The first-order valence-electron chi connectivity index (χ1n) is 12.5. The average molecular weight is 526 g/mol. The zero-order valence-electron chi connectivity index (χ0n) is 21.3. The van der Waals surface area contributed by atoms with Gasteiger partial charge in [-0.05, 0) is 24.3 Å². The van der Waals surface area contributed by atoms with Crippen LogP contribution in [0.5, 0.6) is 0 Å². The third-order valence-corrected chi connectivity index (χ3v) is 6.22. The van der Waals surface area contributed by atoms with Gasteiger partial charge >= 0.3 is 17.5 Å². The molecule has 0 radical (unpaired) electrons. The second-order valence-electron chi connectivity index (χ2n) is 9.41. The highest BCUT2D eigenvalue weighted by molar-refractivity contribution is 5.86. The van der Waals surface area contributed by atoms with Crippen molar-refractivity contribution in [2.24, 2.45) is 5.92 Å². The minimum atomic E-state index is -0.823. The first-order valence-corrected chi connectivity index (χ1v) is 12.5. The largest absolute Gasteiger partial charge is 0.463 e. The molecule has 202 valence electrons. The van der Waals surface area contributed by atoms with Gasteiger partial charge in [-0.2, -0.15) is 4.98 Å². The van der Waals surface area contributed by atoms with Crippen molar-refractivity contribution in [3.05, 3.63) is 58.9 Å². The van der Waals surface area contributed by atoms with E-state index >= 15 is 0 Å². The highest BCUT2D eigenvalue weighted by Crippen LogP contribution is 2.30. The number of carbonyl (C=O) groups excluding carboxylic acids is 3. The van der Waals surface area contributed by atoms with Crippen molar-refractivity contribution in [3.8, 4) is 0 Å². The van der Waals surface area contributed by atoms with Crippen LogP contribution in [0.15, 0.2) is 47.8 Å². The van der Waals surface area contributed by atoms with Crippen LogP contribution in [0.25, 0.3) is 11.2 Å². The Morgan fingerprint density at radius 3 is 2.68 bits per heavy atom. The molecule has 2 aromatic heterocycles. The molecule has 3 aromatic rings. The van der Waals surface area contributed by atoms with Crippen molar-refractivity contribution >= 4 is 29.0 Å². The first kappa shape index (κ1) is 27.0. The molecular weight excluding hydrogens is 494 g/mol. The smallest absolute Gasteiger partial charge is 0.329 e. The molecule has 1 fully saturated rings. The second kappa shape index (κ2) is 12.5. The van der Waals surface area contributed by atoms with Crippen LogP contribution in [0.1, 0.15) is 51.3 Å². The molecule has 2 N–H and O–H groups in total. The van der Waals surface area contributed by atoms with E-state index in [0.717, 1.165) is 5.56 Å². The molecule has 12 nitrogen and oxygen atoms in total. The monoisotopic (exact) mass is 525 g/mol. The zero-order chi connectivity index (χ0) is 27.1. The Balaban J connectivity index is 1.18. The van der Waals surface area contributed by atoms with Crippen LogP contribution in [0, 0.1) is 5.92 Å².